The number of amides is 2. The maximum atomic E-state index is 12.6. The lowest BCUT2D eigenvalue weighted by Crippen LogP contribution is -2.44. The van der Waals surface area contributed by atoms with Crippen LogP contribution in [0.5, 0.6) is 0 Å². The zero-order valence-electron chi connectivity index (χ0n) is 17.4. The van der Waals surface area contributed by atoms with Crippen molar-refractivity contribution in [2.75, 3.05) is 26.7 Å². The number of benzene rings is 1. The second kappa shape index (κ2) is 9.25. The number of piperidine rings is 1. The van der Waals surface area contributed by atoms with Crippen LogP contribution >= 0.6 is 0 Å². The average molecular weight is 375 g/mol. The summed E-state index contributed by atoms with van der Waals surface area (Å²) < 4.78 is 5.44. The van der Waals surface area contributed by atoms with Crippen LogP contribution in [0.1, 0.15) is 58.4 Å². The Morgan fingerprint density at radius 1 is 1.19 bits per heavy atom. The fourth-order valence-corrected chi connectivity index (χ4v) is 3.43. The number of hydrogen-bond donors (Lipinski definition) is 0. The van der Waals surface area contributed by atoms with E-state index in [0.717, 1.165) is 19.4 Å². The molecule has 1 aromatic carbocycles. The predicted octanol–water partition coefficient (Wildman–Crippen LogP) is 4.29. The Bertz CT molecular complexity index is 616. The van der Waals surface area contributed by atoms with E-state index in [0.29, 0.717) is 25.4 Å². The van der Waals surface area contributed by atoms with Gasteiger partial charge in [-0.05, 0) is 51.0 Å². The lowest BCUT2D eigenvalue weighted by Gasteiger charge is -2.35. The van der Waals surface area contributed by atoms with E-state index in [4.69, 9.17) is 4.74 Å². The minimum atomic E-state index is -0.462. The highest BCUT2D eigenvalue weighted by Gasteiger charge is 2.28. The van der Waals surface area contributed by atoms with Crippen molar-refractivity contribution in [3.05, 3.63) is 35.9 Å². The highest BCUT2D eigenvalue weighted by atomic mass is 16.6. The molecule has 1 fully saturated rings. The predicted molar refractivity (Wildman–Crippen MR) is 108 cm³/mol. The van der Waals surface area contributed by atoms with Gasteiger partial charge >= 0.3 is 6.09 Å². The molecule has 1 unspecified atom stereocenters. The van der Waals surface area contributed by atoms with E-state index >= 15 is 0 Å². The van der Waals surface area contributed by atoms with E-state index < -0.39 is 5.60 Å². The number of nitrogens with zero attached hydrogens (tertiary/aromatic N) is 2. The van der Waals surface area contributed by atoms with Crippen molar-refractivity contribution in [1.29, 1.82) is 0 Å². The van der Waals surface area contributed by atoms with Gasteiger partial charge in [0, 0.05) is 33.1 Å². The van der Waals surface area contributed by atoms with Crippen molar-refractivity contribution >= 4 is 12.0 Å². The van der Waals surface area contributed by atoms with Crippen LogP contribution < -0.4 is 0 Å². The first-order chi connectivity index (χ1) is 12.7. The molecule has 5 heteroatoms. The fraction of sp³-hybridized carbons (Fsp3) is 0.636. The first-order valence-electron chi connectivity index (χ1n) is 9.92. The second-order valence-electron chi connectivity index (χ2n) is 8.70. The molecule has 1 saturated heterocycles. The second-order valence-corrected chi connectivity index (χ2v) is 8.70. The number of rotatable bonds is 5. The van der Waals surface area contributed by atoms with Crippen molar-refractivity contribution in [3.8, 4) is 0 Å². The Labute approximate surface area is 163 Å². The quantitative estimate of drug-likeness (QED) is 0.773. The minimum absolute atomic E-state index is 0.181. The van der Waals surface area contributed by atoms with Crippen LogP contribution in [0.2, 0.25) is 0 Å². The molecule has 2 rings (SSSR count). The summed E-state index contributed by atoms with van der Waals surface area (Å²) in [5.74, 6) is 0.834. The largest absolute Gasteiger partial charge is 0.444 e. The Hall–Kier alpha value is -2.04. The average Bonchev–Trinajstić information content (AvgIpc) is 2.61. The van der Waals surface area contributed by atoms with Gasteiger partial charge in [0.15, 0.2) is 0 Å². The zero-order valence-corrected chi connectivity index (χ0v) is 17.4. The first-order valence-corrected chi connectivity index (χ1v) is 9.92. The van der Waals surface area contributed by atoms with Gasteiger partial charge in [0.05, 0.1) is 0 Å². The van der Waals surface area contributed by atoms with Gasteiger partial charge in [-0.25, -0.2) is 4.79 Å². The Balaban J connectivity index is 1.76. The first kappa shape index (κ1) is 21.3. The summed E-state index contributed by atoms with van der Waals surface area (Å²) in [6, 6.07) is 10.2. The van der Waals surface area contributed by atoms with Crippen molar-refractivity contribution in [2.45, 2.75) is 58.5 Å². The maximum Gasteiger partial charge on any atom is 0.410 e. The molecular formula is C22H34N2O3. The normalized spacial score (nSPS) is 16.7. The molecule has 150 valence electrons. The molecule has 0 saturated carbocycles. The summed E-state index contributed by atoms with van der Waals surface area (Å²) in [6.45, 7) is 9.89. The monoisotopic (exact) mass is 374 g/mol. The molecule has 0 aromatic heterocycles. The van der Waals surface area contributed by atoms with Crippen LogP contribution in [-0.2, 0) is 9.53 Å². The van der Waals surface area contributed by atoms with Gasteiger partial charge in [-0.2, -0.15) is 0 Å². The highest BCUT2D eigenvalue weighted by Crippen LogP contribution is 2.23. The van der Waals surface area contributed by atoms with Gasteiger partial charge < -0.3 is 14.5 Å². The molecule has 5 nitrogen and oxygen atoms in total. The van der Waals surface area contributed by atoms with Gasteiger partial charge in [-0.3, -0.25) is 4.79 Å². The van der Waals surface area contributed by atoms with Crippen LogP contribution in [0.15, 0.2) is 30.3 Å². The van der Waals surface area contributed by atoms with E-state index in [1.807, 2.05) is 50.9 Å². The Morgan fingerprint density at radius 3 is 2.33 bits per heavy atom. The molecule has 0 spiro atoms. The van der Waals surface area contributed by atoms with E-state index in [1.165, 1.54) is 5.56 Å². The molecule has 0 radical (unpaired) electrons. The van der Waals surface area contributed by atoms with Gasteiger partial charge in [-0.1, -0.05) is 37.3 Å². The summed E-state index contributed by atoms with van der Waals surface area (Å²) in [5.41, 5.74) is 0.737. The van der Waals surface area contributed by atoms with E-state index in [2.05, 4.69) is 19.1 Å². The molecular weight excluding hydrogens is 340 g/mol. The molecule has 1 aliphatic rings. The summed E-state index contributed by atoms with van der Waals surface area (Å²) >= 11 is 0. The lowest BCUT2D eigenvalue weighted by molar-refractivity contribution is -0.131. The molecule has 1 aliphatic heterocycles. The molecule has 1 atom stereocenters. The minimum Gasteiger partial charge on any atom is -0.444 e. The van der Waals surface area contributed by atoms with Crippen molar-refractivity contribution in [2.24, 2.45) is 5.92 Å². The SMILES string of the molecule is CC(CC(=O)N(C)CC1CCN(C(=O)OC(C)(C)C)CC1)c1ccccc1. The molecule has 1 aromatic rings. The fourth-order valence-electron chi connectivity index (χ4n) is 3.43. The number of carbonyl (C=O) groups excluding carboxylic acids is 2. The van der Waals surface area contributed by atoms with Crippen molar-refractivity contribution < 1.29 is 14.3 Å². The number of likely N-dealkylation sites (tertiary alicyclic amines) is 1. The van der Waals surface area contributed by atoms with E-state index in [9.17, 15) is 9.59 Å². The number of carbonyl (C=O) groups is 2. The third-order valence-corrected chi connectivity index (χ3v) is 5.07. The van der Waals surface area contributed by atoms with Crippen molar-refractivity contribution in [1.82, 2.24) is 9.80 Å². The molecule has 0 bridgehead atoms. The van der Waals surface area contributed by atoms with Crippen molar-refractivity contribution in [3.63, 3.8) is 0 Å². The molecule has 0 aliphatic carbocycles. The Kier molecular flexibility index (Phi) is 7.28. The Morgan fingerprint density at radius 2 is 1.78 bits per heavy atom. The van der Waals surface area contributed by atoms with E-state index in [-0.39, 0.29) is 17.9 Å². The van der Waals surface area contributed by atoms with Gasteiger partial charge in [-0.15, -0.1) is 0 Å². The summed E-state index contributed by atoms with van der Waals surface area (Å²) in [6.07, 6.45) is 2.11. The lowest BCUT2D eigenvalue weighted by atomic mass is 9.95. The highest BCUT2D eigenvalue weighted by molar-refractivity contribution is 5.76. The third-order valence-electron chi connectivity index (χ3n) is 5.07. The molecule has 27 heavy (non-hydrogen) atoms. The summed E-state index contributed by atoms with van der Waals surface area (Å²) in [4.78, 5) is 28.4. The molecule has 2 amide bonds. The van der Waals surface area contributed by atoms with E-state index in [1.54, 1.807) is 4.90 Å². The molecule has 0 N–H and O–H groups in total. The van der Waals surface area contributed by atoms with Gasteiger partial charge in [0.25, 0.3) is 0 Å². The number of hydrogen-bond acceptors (Lipinski definition) is 3. The molecule has 1 heterocycles. The van der Waals surface area contributed by atoms with Crippen LogP contribution in [0.3, 0.4) is 0 Å². The zero-order chi connectivity index (χ0) is 20.0. The smallest absolute Gasteiger partial charge is 0.410 e. The van der Waals surface area contributed by atoms with Crippen LogP contribution in [0.4, 0.5) is 4.79 Å². The summed E-state index contributed by atoms with van der Waals surface area (Å²) in [5, 5.41) is 0. The summed E-state index contributed by atoms with van der Waals surface area (Å²) in [7, 11) is 1.89. The topological polar surface area (TPSA) is 49.9 Å². The number of ether oxygens (including phenoxy) is 1. The third kappa shape index (κ3) is 6.89. The maximum absolute atomic E-state index is 12.6. The standard InChI is InChI=1S/C22H34N2O3/c1-17(19-9-7-6-8-10-19)15-20(25)23(5)16-18-11-13-24(14-12-18)21(26)27-22(2,3)4/h6-10,17-18H,11-16H2,1-5H3. The van der Waals surface area contributed by atoms with Crippen LogP contribution in [0.25, 0.3) is 0 Å². The van der Waals surface area contributed by atoms with Crippen LogP contribution in [-0.4, -0.2) is 54.1 Å². The van der Waals surface area contributed by atoms with Crippen LogP contribution in [0, 0.1) is 5.92 Å². The van der Waals surface area contributed by atoms with Gasteiger partial charge in [0.2, 0.25) is 5.91 Å². The van der Waals surface area contributed by atoms with Gasteiger partial charge in [0.1, 0.15) is 5.60 Å².